The molecule has 0 atom stereocenters. The monoisotopic (exact) mass is 278 g/mol. The average Bonchev–Trinajstić information content (AvgIpc) is 2.78. The van der Waals surface area contributed by atoms with Crippen molar-refractivity contribution in [2.24, 2.45) is 7.05 Å². The highest BCUT2D eigenvalue weighted by Gasteiger charge is 2.13. The predicted molar refractivity (Wildman–Crippen MR) is 71.9 cm³/mol. The number of rotatable bonds is 4. The van der Waals surface area contributed by atoms with E-state index in [2.05, 4.69) is 9.97 Å². The second kappa shape index (κ2) is 5.75. The molecule has 0 aliphatic carbocycles. The topological polar surface area (TPSA) is 83.0 Å². The van der Waals surface area contributed by atoms with Crippen molar-refractivity contribution in [1.82, 2.24) is 14.5 Å². The first-order chi connectivity index (χ1) is 9.11. The molecule has 6 nitrogen and oxygen atoms in total. The summed E-state index contributed by atoms with van der Waals surface area (Å²) in [6.45, 7) is 2.06. The van der Waals surface area contributed by atoms with E-state index in [1.165, 1.54) is 18.0 Å². The van der Waals surface area contributed by atoms with Crippen molar-refractivity contribution in [3.8, 4) is 0 Å². The Bertz CT molecular complexity index is 597. The van der Waals surface area contributed by atoms with E-state index >= 15 is 0 Å². The van der Waals surface area contributed by atoms with Gasteiger partial charge in [0.25, 0.3) is 0 Å². The number of pyridine rings is 1. The third kappa shape index (κ3) is 3.05. The van der Waals surface area contributed by atoms with E-state index in [9.17, 15) is 4.79 Å². The molecule has 0 unspecified atom stereocenters. The fraction of sp³-hybridized carbons (Fsp3) is 0.250. The first kappa shape index (κ1) is 13.4. The first-order valence-corrected chi connectivity index (χ1v) is 6.51. The molecule has 0 spiro atoms. The van der Waals surface area contributed by atoms with Crippen LogP contribution in [-0.2, 0) is 11.8 Å². The highest BCUT2D eigenvalue weighted by Crippen LogP contribution is 2.26. The number of esters is 1. The number of anilines is 1. The Morgan fingerprint density at radius 3 is 2.95 bits per heavy atom. The zero-order valence-corrected chi connectivity index (χ0v) is 11.5. The van der Waals surface area contributed by atoms with Crippen LogP contribution < -0.4 is 5.73 Å². The van der Waals surface area contributed by atoms with Crippen molar-refractivity contribution in [2.45, 2.75) is 17.1 Å². The maximum atomic E-state index is 11.7. The van der Waals surface area contributed by atoms with E-state index in [1.807, 2.05) is 17.8 Å². The molecule has 7 heteroatoms. The van der Waals surface area contributed by atoms with Gasteiger partial charge in [0.05, 0.1) is 24.1 Å². The Labute approximate surface area is 115 Å². The van der Waals surface area contributed by atoms with Gasteiger partial charge in [0, 0.05) is 19.4 Å². The Hall–Kier alpha value is -2.02. The SMILES string of the molecule is CCOC(=O)c1cc(Sc2nccn2C)ncc1N. The van der Waals surface area contributed by atoms with E-state index in [1.54, 1.807) is 19.2 Å². The minimum absolute atomic E-state index is 0.308. The van der Waals surface area contributed by atoms with Crippen molar-refractivity contribution >= 4 is 23.4 Å². The van der Waals surface area contributed by atoms with Crippen LogP contribution in [-0.4, -0.2) is 27.1 Å². The zero-order chi connectivity index (χ0) is 13.8. The van der Waals surface area contributed by atoms with Crippen molar-refractivity contribution in [2.75, 3.05) is 12.3 Å². The van der Waals surface area contributed by atoms with Crippen LogP contribution in [0.3, 0.4) is 0 Å². The molecule has 0 fully saturated rings. The molecule has 2 N–H and O–H groups in total. The molecule has 0 radical (unpaired) electrons. The second-order valence-electron chi connectivity index (χ2n) is 3.75. The molecular formula is C12H14N4O2S. The number of nitrogens with zero attached hydrogens (tertiary/aromatic N) is 3. The predicted octanol–water partition coefficient (Wildman–Crippen LogP) is 1.73. The normalized spacial score (nSPS) is 10.4. The molecule has 0 aromatic carbocycles. The van der Waals surface area contributed by atoms with Crippen LogP contribution in [0.25, 0.3) is 0 Å². The third-order valence-corrected chi connectivity index (χ3v) is 3.39. The minimum atomic E-state index is -0.441. The molecule has 2 aromatic heterocycles. The van der Waals surface area contributed by atoms with Gasteiger partial charge in [0.1, 0.15) is 5.03 Å². The Balaban J connectivity index is 2.26. The van der Waals surface area contributed by atoms with E-state index in [-0.39, 0.29) is 0 Å². The van der Waals surface area contributed by atoms with Crippen LogP contribution in [0, 0.1) is 0 Å². The lowest BCUT2D eigenvalue weighted by Gasteiger charge is -2.07. The number of ether oxygens (including phenoxy) is 1. The standard InChI is InChI=1S/C12H14N4O2S/c1-3-18-11(17)8-6-10(15-7-9(8)13)19-12-14-4-5-16(12)2/h4-7H,3,13H2,1-2H3. The molecule has 0 saturated carbocycles. The lowest BCUT2D eigenvalue weighted by molar-refractivity contribution is 0.0527. The minimum Gasteiger partial charge on any atom is -0.462 e. The van der Waals surface area contributed by atoms with Crippen LogP contribution in [0.15, 0.2) is 34.8 Å². The molecule has 2 heterocycles. The van der Waals surface area contributed by atoms with Crippen LogP contribution in [0.2, 0.25) is 0 Å². The second-order valence-corrected chi connectivity index (χ2v) is 4.74. The Morgan fingerprint density at radius 2 is 2.32 bits per heavy atom. The molecule has 2 aromatic rings. The first-order valence-electron chi connectivity index (χ1n) is 5.69. The maximum absolute atomic E-state index is 11.7. The van der Waals surface area contributed by atoms with Gasteiger partial charge >= 0.3 is 5.97 Å². The number of aryl methyl sites for hydroxylation is 1. The third-order valence-electron chi connectivity index (χ3n) is 2.38. The fourth-order valence-corrected chi connectivity index (χ4v) is 2.22. The van der Waals surface area contributed by atoms with Gasteiger partial charge in [-0.1, -0.05) is 0 Å². The zero-order valence-electron chi connectivity index (χ0n) is 10.7. The van der Waals surface area contributed by atoms with Gasteiger partial charge in [-0.3, -0.25) is 0 Å². The lowest BCUT2D eigenvalue weighted by Crippen LogP contribution is -2.08. The molecule has 2 rings (SSSR count). The molecule has 0 bridgehead atoms. The summed E-state index contributed by atoms with van der Waals surface area (Å²) < 4.78 is 6.81. The Morgan fingerprint density at radius 1 is 1.53 bits per heavy atom. The summed E-state index contributed by atoms with van der Waals surface area (Å²) in [4.78, 5) is 20.1. The number of carbonyl (C=O) groups is 1. The van der Waals surface area contributed by atoms with Gasteiger partial charge in [0.2, 0.25) is 0 Å². The molecule has 0 aliphatic heterocycles. The molecule has 0 saturated heterocycles. The number of hydrogen-bond acceptors (Lipinski definition) is 6. The highest BCUT2D eigenvalue weighted by molar-refractivity contribution is 7.99. The van der Waals surface area contributed by atoms with E-state index in [4.69, 9.17) is 10.5 Å². The summed E-state index contributed by atoms with van der Waals surface area (Å²) in [5.41, 5.74) is 6.37. The lowest BCUT2D eigenvalue weighted by atomic mass is 10.2. The number of imidazole rings is 1. The Kier molecular flexibility index (Phi) is 4.06. The summed E-state index contributed by atoms with van der Waals surface area (Å²) in [6.07, 6.45) is 5.00. The summed E-state index contributed by atoms with van der Waals surface area (Å²) in [6, 6.07) is 1.62. The highest BCUT2D eigenvalue weighted by atomic mass is 32.2. The van der Waals surface area contributed by atoms with E-state index in [0.717, 1.165) is 5.16 Å². The van der Waals surface area contributed by atoms with Crippen molar-refractivity contribution in [3.05, 3.63) is 30.2 Å². The summed E-state index contributed by atoms with van der Waals surface area (Å²) in [7, 11) is 1.89. The average molecular weight is 278 g/mol. The van der Waals surface area contributed by atoms with Crippen LogP contribution in [0.4, 0.5) is 5.69 Å². The van der Waals surface area contributed by atoms with Crippen molar-refractivity contribution in [3.63, 3.8) is 0 Å². The van der Waals surface area contributed by atoms with E-state index in [0.29, 0.717) is 22.9 Å². The number of hydrogen-bond donors (Lipinski definition) is 1. The van der Waals surface area contributed by atoms with Gasteiger partial charge in [-0.05, 0) is 24.8 Å². The van der Waals surface area contributed by atoms with Gasteiger partial charge in [-0.25, -0.2) is 14.8 Å². The van der Waals surface area contributed by atoms with Crippen LogP contribution in [0.5, 0.6) is 0 Å². The number of nitrogen functional groups attached to an aromatic ring is 1. The largest absolute Gasteiger partial charge is 0.462 e. The quantitative estimate of drug-likeness (QED) is 0.857. The van der Waals surface area contributed by atoms with Gasteiger partial charge in [-0.15, -0.1) is 0 Å². The number of aromatic nitrogens is 3. The van der Waals surface area contributed by atoms with Crippen LogP contribution >= 0.6 is 11.8 Å². The molecule has 0 aliphatic rings. The fourth-order valence-electron chi connectivity index (χ4n) is 1.43. The number of carbonyl (C=O) groups excluding carboxylic acids is 1. The van der Waals surface area contributed by atoms with Gasteiger partial charge in [-0.2, -0.15) is 0 Å². The smallest absolute Gasteiger partial charge is 0.340 e. The molecular weight excluding hydrogens is 264 g/mol. The van der Waals surface area contributed by atoms with Gasteiger partial charge in [0.15, 0.2) is 5.16 Å². The summed E-state index contributed by atoms with van der Waals surface area (Å²) >= 11 is 1.36. The summed E-state index contributed by atoms with van der Waals surface area (Å²) in [5, 5.41) is 1.43. The van der Waals surface area contributed by atoms with Crippen molar-refractivity contribution < 1.29 is 9.53 Å². The summed E-state index contributed by atoms with van der Waals surface area (Å²) in [5.74, 6) is -0.441. The van der Waals surface area contributed by atoms with Crippen LogP contribution in [0.1, 0.15) is 17.3 Å². The van der Waals surface area contributed by atoms with Crippen molar-refractivity contribution in [1.29, 1.82) is 0 Å². The maximum Gasteiger partial charge on any atom is 0.340 e. The molecule has 100 valence electrons. The molecule has 19 heavy (non-hydrogen) atoms. The van der Waals surface area contributed by atoms with Gasteiger partial charge < -0.3 is 15.0 Å². The number of nitrogens with two attached hydrogens (primary N) is 1. The molecule has 0 amide bonds. The van der Waals surface area contributed by atoms with E-state index < -0.39 is 5.97 Å².